The molecule has 0 spiro atoms. The Hall–Kier alpha value is -2.03. The number of benzene rings is 1. The number of aromatic nitrogens is 1. The second kappa shape index (κ2) is 9.19. The fourth-order valence-electron chi connectivity index (χ4n) is 2.41. The molecular weight excluding hydrogens is 478 g/mol. The third kappa shape index (κ3) is 4.94. The van der Waals surface area contributed by atoms with E-state index in [0.717, 1.165) is 0 Å². The average molecular weight is 490 g/mol. The molecule has 3 aromatic rings. The van der Waals surface area contributed by atoms with Crippen molar-refractivity contribution in [1.82, 2.24) is 4.98 Å². The molecule has 0 atom stereocenters. The third-order valence-corrected chi connectivity index (χ3v) is 5.96. The molecule has 0 aliphatic rings. The molecule has 0 unspecified atom stereocenters. The highest BCUT2D eigenvalue weighted by Gasteiger charge is 2.23. The largest absolute Gasteiger partial charge is 0.398 e. The minimum Gasteiger partial charge on any atom is -0.398 e. The smallest absolute Gasteiger partial charge is 0.259 e. The molecule has 0 saturated heterocycles. The number of pyridine rings is 1. The monoisotopic (exact) mass is 488 g/mol. The SMILES string of the molecule is Nc1cc(Cl)cc(C(=O)Nc2ccc(Cl)cn2)c1C(=O)Nc1scc(CCl)c1Cl. The fraction of sp³-hybridized carbons (Fsp3) is 0.0556. The number of carbonyl (C=O) groups is 2. The van der Waals surface area contributed by atoms with Crippen LogP contribution in [-0.2, 0) is 5.88 Å². The van der Waals surface area contributed by atoms with Gasteiger partial charge in [0.2, 0.25) is 0 Å². The van der Waals surface area contributed by atoms with Gasteiger partial charge in [-0.25, -0.2) is 4.98 Å². The lowest BCUT2D eigenvalue weighted by atomic mass is 10.0. The fourth-order valence-corrected chi connectivity index (χ4v) is 4.34. The minimum absolute atomic E-state index is 0.0190. The highest BCUT2D eigenvalue weighted by atomic mass is 35.5. The van der Waals surface area contributed by atoms with E-state index in [9.17, 15) is 9.59 Å². The highest BCUT2D eigenvalue weighted by molar-refractivity contribution is 7.15. The minimum atomic E-state index is -0.613. The Bertz CT molecular complexity index is 1090. The molecular formula is C18H12Cl4N4O2S. The summed E-state index contributed by atoms with van der Waals surface area (Å²) in [4.78, 5) is 29.7. The number of anilines is 3. The van der Waals surface area contributed by atoms with E-state index in [1.165, 1.54) is 35.7 Å². The van der Waals surface area contributed by atoms with Crippen LogP contribution in [0.15, 0.2) is 35.8 Å². The van der Waals surface area contributed by atoms with Crippen LogP contribution in [0.3, 0.4) is 0 Å². The van der Waals surface area contributed by atoms with E-state index in [2.05, 4.69) is 15.6 Å². The summed E-state index contributed by atoms with van der Waals surface area (Å²) in [6.07, 6.45) is 1.38. The third-order valence-electron chi connectivity index (χ3n) is 3.75. The van der Waals surface area contributed by atoms with Crippen molar-refractivity contribution in [3.8, 4) is 0 Å². The van der Waals surface area contributed by atoms with Gasteiger partial charge in [-0.05, 0) is 35.2 Å². The Morgan fingerprint density at radius 1 is 1.07 bits per heavy atom. The van der Waals surface area contributed by atoms with E-state index in [1.54, 1.807) is 11.4 Å². The first-order chi connectivity index (χ1) is 13.8. The zero-order chi connectivity index (χ0) is 21.1. The predicted molar refractivity (Wildman–Crippen MR) is 120 cm³/mol. The van der Waals surface area contributed by atoms with Crippen molar-refractivity contribution in [2.45, 2.75) is 5.88 Å². The predicted octanol–water partition coefficient (Wildman–Crippen LogP) is 5.93. The number of nitrogens with zero attached hydrogens (tertiary/aromatic N) is 1. The molecule has 0 aliphatic heterocycles. The number of carbonyl (C=O) groups excluding carboxylic acids is 2. The van der Waals surface area contributed by atoms with Gasteiger partial charge in [-0.1, -0.05) is 34.8 Å². The molecule has 4 N–H and O–H groups in total. The quantitative estimate of drug-likeness (QED) is 0.305. The summed E-state index contributed by atoms with van der Waals surface area (Å²) in [5.74, 6) is -0.774. The molecule has 6 nitrogen and oxygen atoms in total. The van der Waals surface area contributed by atoms with Gasteiger partial charge in [0.1, 0.15) is 10.8 Å². The molecule has 2 aromatic heterocycles. The van der Waals surface area contributed by atoms with Gasteiger partial charge >= 0.3 is 0 Å². The molecule has 150 valence electrons. The Kier molecular flexibility index (Phi) is 6.87. The first-order valence-corrected chi connectivity index (χ1v) is 10.5. The van der Waals surface area contributed by atoms with Crippen molar-refractivity contribution < 1.29 is 9.59 Å². The molecule has 2 amide bonds. The Morgan fingerprint density at radius 3 is 2.45 bits per heavy atom. The van der Waals surface area contributed by atoms with Crippen molar-refractivity contribution in [3.63, 3.8) is 0 Å². The molecule has 1 aromatic carbocycles. The molecule has 2 heterocycles. The molecule has 0 radical (unpaired) electrons. The maximum absolute atomic E-state index is 12.9. The number of nitrogen functional groups attached to an aromatic ring is 1. The van der Waals surface area contributed by atoms with Gasteiger partial charge in [0, 0.05) is 22.8 Å². The normalized spacial score (nSPS) is 10.6. The van der Waals surface area contributed by atoms with Gasteiger partial charge < -0.3 is 16.4 Å². The lowest BCUT2D eigenvalue weighted by Gasteiger charge is -2.13. The van der Waals surface area contributed by atoms with Crippen molar-refractivity contribution in [3.05, 3.63) is 67.6 Å². The van der Waals surface area contributed by atoms with Crippen LogP contribution in [0, 0.1) is 0 Å². The number of nitrogens with one attached hydrogen (secondary N) is 2. The number of alkyl halides is 1. The molecule has 3 rings (SSSR count). The Morgan fingerprint density at radius 2 is 1.83 bits per heavy atom. The van der Waals surface area contributed by atoms with Gasteiger partial charge in [-0.15, -0.1) is 22.9 Å². The summed E-state index contributed by atoms with van der Waals surface area (Å²) in [5, 5.41) is 8.32. The van der Waals surface area contributed by atoms with Crippen LogP contribution in [0.25, 0.3) is 0 Å². The van der Waals surface area contributed by atoms with Gasteiger partial charge in [-0.3, -0.25) is 9.59 Å². The molecule has 11 heteroatoms. The Labute approximate surface area is 189 Å². The van der Waals surface area contributed by atoms with Crippen LogP contribution in [0.4, 0.5) is 16.5 Å². The molecule has 0 aliphatic carbocycles. The van der Waals surface area contributed by atoms with E-state index in [0.29, 0.717) is 20.6 Å². The summed E-state index contributed by atoms with van der Waals surface area (Å²) in [7, 11) is 0. The number of halogens is 4. The van der Waals surface area contributed by atoms with Crippen molar-refractivity contribution in [1.29, 1.82) is 0 Å². The van der Waals surface area contributed by atoms with Crippen LogP contribution in [0.1, 0.15) is 26.3 Å². The van der Waals surface area contributed by atoms with Gasteiger partial charge in [-0.2, -0.15) is 0 Å². The molecule has 0 bridgehead atoms. The van der Waals surface area contributed by atoms with Crippen LogP contribution >= 0.6 is 57.7 Å². The number of amides is 2. The van der Waals surface area contributed by atoms with Gasteiger partial charge in [0.25, 0.3) is 11.8 Å². The number of hydrogen-bond acceptors (Lipinski definition) is 5. The van der Waals surface area contributed by atoms with Crippen LogP contribution in [-0.4, -0.2) is 16.8 Å². The molecule has 0 fully saturated rings. The first kappa shape index (κ1) is 21.7. The summed E-state index contributed by atoms with van der Waals surface area (Å²) in [6.45, 7) is 0. The van der Waals surface area contributed by atoms with Crippen LogP contribution < -0.4 is 16.4 Å². The molecule has 0 saturated carbocycles. The maximum atomic E-state index is 12.9. The van der Waals surface area contributed by atoms with E-state index >= 15 is 0 Å². The number of hydrogen-bond donors (Lipinski definition) is 3. The zero-order valence-electron chi connectivity index (χ0n) is 14.4. The van der Waals surface area contributed by atoms with Crippen LogP contribution in [0.5, 0.6) is 0 Å². The van der Waals surface area contributed by atoms with Crippen molar-refractivity contribution in [2.24, 2.45) is 0 Å². The van der Waals surface area contributed by atoms with E-state index in [1.807, 2.05) is 0 Å². The lowest BCUT2D eigenvalue weighted by Crippen LogP contribution is -2.22. The second-order valence-electron chi connectivity index (χ2n) is 5.73. The lowest BCUT2D eigenvalue weighted by molar-refractivity contribution is 0.0991. The average Bonchev–Trinajstić information content (AvgIpc) is 3.02. The highest BCUT2D eigenvalue weighted by Crippen LogP contribution is 2.35. The topological polar surface area (TPSA) is 97.1 Å². The van der Waals surface area contributed by atoms with Gasteiger partial charge in [0.15, 0.2) is 0 Å². The van der Waals surface area contributed by atoms with Crippen LogP contribution in [0.2, 0.25) is 15.1 Å². The summed E-state index contributed by atoms with van der Waals surface area (Å²) in [6, 6.07) is 5.82. The zero-order valence-corrected chi connectivity index (χ0v) is 18.3. The van der Waals surface area contributed by atoms with E-state index in [4.69, 9.17) is 52.1 Å². The summed E-state index contributed by atoms with van der Waals surface area (Å²) < 4.78 is 0. The number of thiophene rings is 1. The van der Waals surface area contributed by atoms with Crippen molar-refractivity contribution in [2.75, 3.05) is 16.4 Å². The van der Waals surface area contributed by atoms with E-state index in [-0.39, 0.29) is 33.5 Å². The summed E-state index contributed by atoms with van der Waals surface area (Å²) >= 11 is 25.1. The summed E-state index contributed by atoms with van der Waals surface area (Å²) in [5.41, 5.74) is 6.65. The van der Waals surface area contributed by atoms with E-state index < -0.39 is 11.8 Å². The number of rotatable bonds is 5. The second-order valence-corrected chi connectivity index (χ2v) is 8.12. The Balaban J connectivity index is 1.93. The van der Waals surface area contributed by atoms with Crippen molar-refractivity contribution >= 4 is 86.1 Å². The maximum Gasteiger partial charge on any atom is 0.259 e. The standard InChI is InChI=1S/C18H12Cl4N4O2S/c19-5-8-7-29-18(15(8)22)26-17(28)14-11(3-10(21)4-12(14)23)16(27)25-13-2-1-9(20)6-24-13/h1-4,6-7H,5,23H2,(H,26,28)(H,24,25,27). The molecule has 29 heavy (non-hydrogen) atoms. The van der Waals surface area contributed by atoms with Gasteiger partial charge in [0.05, 0.1) is 21.2 Å². The first-order valence-electron chi connectivity index (χ1n) is 7.95. The number of nitrogens with two attached hydrogens (primary N) is 1.